The van der Waals surface area contributed by atoms with Crippen LogP contribution >= 0.6 is 7.82 Å². The first-order valence-corrected chi connectivity index (χ1v) is 18.2. The summed E-state index contributed by atoms with van der Waals surface area (Å²) in [6.45, 7) is 7.93. The zero-order valence-corrected chi connectivity index (χ0v) is 28.2. The molecule has 10 atom stereocenters. The van der Waals surface area contributed by atoms with E-state index >= 15 is 0 Å². The molecule has 242 valence electrons. The van der Waals surface area contributed by atoms with Crippen molar-refractivity contribution in [2.24, 2.45) is 46.3 Å². The van der Waals surface area contributed by atoms with Crippen LogP contribution in [0.4, 0.5) is 5.69 Å². The third-order valence-electron chi connectivity index (χ3n) is 12.7. The number of hydrogen-bond donors (Lipinski definition) is 0. The van der Waals surface area contributed by atoms with Gasteiger partial charge in [-0.3, -0.25) is 9.36 Å². The van der Waals surface area contributed by atoms with Crippen LogP contribution in [0, 0.1) is 46.3 Å². The molecule has 1 aromatic heterocycles. The molecule has 1 heterocycles. The molecule has 0 spiro atoms. The van der Waals surface area contributed by atoms with Gasteiger partial charge in [-0.1, -0.05) is 20.8 Å². The molecule has 0 saturated heterocycles. The second-order valence-electron chi connectivity index (χ2n) is 14.9. The number of aromatic nitrogens is 1. The summed E-state index contributed by atoms with van der Waals surface area (Å²) in [4.78, 5) is 26.6. The van der Waals surface area contributed by atoms with Crippen molar-refractivity contribution in [2.45, 2.75) is 104 Å². The van der Waals surface area contributed by atoms with E-state index in [0.717, 1.165) is 49.6 Å². The number of nitrogens with zero attached hydrogens (tertiary/aromatic N) is 2. The third kappa shape index (κ3) is 6.88. The maximum Gasteiger partial charge on any atom is 0.305 e. The summed E-state index contributed by atoms with van der Waals surface area (Å²) in [5, 5.41) is 0. The number of fused-ring (bicyclic) bond motifs is 5. The lowest BCUT2D eigenvalue weighted by Gasteiger charge is -2.61. The fraction of sp³-hybridized carbons (Fsp3) is 0.824. The van der Waals surface area contributed by atoms with Gasteiger partial charge in [0.05, 0.1) is 13.2 Å². The van der Waals surface area contributed by atoms with Gasteiger partial charge < -0.3 is 23.6 Å². The van der Waals surface area contributed by atoms with E-state index in [9.17, 15) is 14.3 Å². The van der Waals surface area contributed by atoms with Crippen LogP contribution in [-0.4, -0.2) is 39.9 Å². The van der Waals surface area contributed by atoms with Gasteiger partial charge in [-0.15, -0.1) is 0 Å². The largest absolute Gasteiger partial charge is 0.756 e. The van der Waals surface area contributed by atoms with Crippen molar-refractivity contribution in [3.63, 3.8) is 0 Å². The number of phosphoric acid groups is 1. The number of esters is 1. The predicted octanol–water partition coefficient (Wildman–Crippen LogP) is 6.16. The highest BCUT2D eigenvalue weighted by Gasteiger charge is 2.60. The average Bonchev–Trinajstić information content (AvgIpc) is 3.33. The Labute approximate surface area is 259 Å². The highest BCUT2D eigenvalue weighted by atomic mass is 31.2. The predicted molar refractivity (Wildman–Crippen MR) is 165 cm³/mol. The van der Waals surface area contributed by atoms with Gasteiger partial charge in [-0.2, -0.15) is 0 Å². The molecule has 0 amide bonds. The molecule has 4 aliphatic carbocycles. The van der Waals surface area contributed by atoms with Gasteiger partial charge in [0.1, 0.15) is 6.61 Å². The van der Waals surface area contributed by atoms with Crippen molar-refractivity contribution in [1.82, 2.24) is 0 Å². The standard InChI is InChI=1S/C34H55N2O6P/c1-24(7-12-32(37)40-6)29-10-11-30-28-9-8-25-23-27(13-17-33(25,2)31(28)14-18-34(29,30)3)42-43(38,39)41-22-21-36-19-15-26(16-20-36)35(4)5/h15-16,19-20,24-25,27-31H,7-14,17-18,21-23H2,1-6H3/t24-,25-,27-,28+,29-,30+,31+,33+,34-/m1/s1. The molecule has 43 heavy (non-hydrogen) atoms. The highest BCUT2D eigenvalue weighted by molar-refractivity contribution is 7.45. The molecule has 4 fully saturated rings. The number of carbonyl (C=O) groups is 1. The van der Waals surface area contributed by atoms with Crippen molar-refractivity contribution in [3.05, 3.63) is 24.5 Å². The van der Waals surface area contributed by atoms with Gasteiger partial charge in [0.2, 0.25) is 0 Å². The molecule has 1 aromatic rings. The van der Waals surface area contributed by atoms with Crippen molar-refractivity contribution < 1.29 is 32.6 Å². The molecule has 4 aliphatic rings. The Balaban J connectivity index is 1.14. The van der Waals surface area contributed by atoms with E-state index in [2.05, 4.69) is 20.8 Å². The van der Waals surface area contributed by atoms with Crippen LogP contribution in [0.25, 0.3) is 0 Å². The summed E-state index contributed by atoms with van der Waals surface area (Å²) in [5.74, 6) is 3.85. The van der Waals surface area contributed by atoms with Crippen molar-refractivity contribution in [1.29, 1.82) is 0 Å². The number of rotatable bonds is 11. The lowest BCUT2D eigenvalue weighted by atomic mass is 9.44. The van der Waals surface area contributed by atoms with Crippen LogP contribution in [0.15, 0.2) is 24.5 Å². The number of phosphoric ester groups is 1. The minimum absolute atomic E-state index is 0.0623. The quantitative estimate of drug-likeness (QED) is 0.167. The normalized spacial score (nSPS) is 37.4. The molecule has 9 heteroatoms. The topological polar surface area (TPSA) is 92.0 Å². The molecule has 0 aliphatic heterocycles. The fourth-order valence-electron chi connectivity index (χ4n) is 10.3. The second-order valence-corrected chi connectivity index (χ2v) is 16.3. The maximum absolute atomic E-state index is 12.8. The van der Waals surface area contributed by atoms with E-state index in [4.69, 9.17) is 13.8 Å². The Hall–Kier alpha value is -1.47. The number of anilines is 1. The van der Waals surface area contributed by atoms with Crippen molar-refractivity contribution in [2.75, 3.05) is 32.7 Å². The van der Waals surface area contributed by atoms with Crippen molar-refractivity contribution >= 4 is 19.5 Å². The molecular weight excluding hydrogens is 563 g/mol. The Morgan fingerprint density at radius 3 is 2.47 bits per heavy atom. The first-order chi connectivity index (χ1) is 20.4. The smallest absolute Gasteiger partial charge is 0.305 e. The van der Waals surface area contributed by atoms with E-state index in [1.165, 1.54) is 39.2 Å². The first-order valence-electron chi connectivity index (χ1n) is 16.7. The molecular formula is C34H55N2O6P. The summed E-state index contributed by atoms with van der Waals surface area (Å²) in [6.07, 6.45) is 15.2. The highest BCUT2D eigenvalue weighted by Crippen LogP contribution is 2.68. The van der Waals surface area contributed by atoms with Gasteiger partial charge in [0, 0.05) is 38.3 Å². The van der Waals surface area contributed by atoms with E-state index in [-0.39, 0.29) is 24.1 Å². The summed E-state index contributed by atoms with van der Waals surface area (Å²) < 4.78 is 30.6. The molecule has 0 aromatic carbocycles. The summed E-state index contributed by atoms with van der Waals surface area (Å²) in [6, 6.07) is 3.99. The number of pyridine rings is 1. The molecule has 5 rings (SSSR count). The lowest BCUT2D eigenvalue weighted by Crippen LogP contribution is -2.54. The molecule has 4 saturated carbocycles. The molecule has 0 bridgehead atoms. The number of carbonyl (C=O) groups excluding carboxylic acids is 1. The Kier molecular flexibility index (Phi) is 10.0. The van der Waals surface area contributed by atoms with Crippen LogP contribution in [0.5, 0.6) is 0 Å². The van der Waals surface area contributed by atoms with Crippen LogP contribution in [0.2, 0.25) is 0 Å². The zero-order valence-electron chi connectivity index (χ0n) is 27.3. The van der Waals surface area contributed by atoms with Gasteiger partial charge in [0.15, 0.2) is 18.9 Å². The minimum Gasteiger partial charge on any atom is -0.756 e. The summed E-state index contributed by atoms with van der Waals surface area (Å²) in [5.41, 5.74) is 1.70. The SMILES string of the molecule is COC(=O)CC[C@@H](C)[C@H]1CC[C@H]2[C@@H]3CC[C@@H]4C[C@H](OP(=O)([O-])OCC[n+]5ccc(N(C)C)cc5)CC[C@]4(C)[C@H]3CC[C@]12C. The van der Waals surface area contributed by atoms with E-state index in [1.54, 1.807) is 0 Å². The number of methoxy groups -OCH3 is 1. The monoisotopic (exact) mass is 618 g/mol. The molecule has 1 unspecified atom stereocenters. The summed E-state index contributed by atoms with van der Waals surface area (Å²) >= 11 is 0. The van der Waals surface area contributed by atoms with Gasteiger partial charge in [0.25, 0.3) is 7.82 Å². The molecule has 0 radical (unpaired) electrons. The average molecular weight is 619 g/mol. The van der Waals surface area contributed by atoms with Crippen LogP contribution in [0.3, 0.4) is 0 Å². The third-order valence-corrected chi connectivity index (χ3v) is 13.7. The van der Waals surface area contributed by atoms with E-state index in [1.807, 2.05) is 48.1 Å². The van der Waals surface area contributed by atoms with Gasteiger partial charge in [-0.05, 0) is 111 Å². The fourth-order valence-corrected chi connectivity index (χ4v) is 11.2. The van der Waals surface area contributed by atoms with Crippen LogP contribution in [-0.2, 0) is 29.7 Å². The van der Waals surface area contributed by atoms with E-state index < -0.39 is 7.82 Å². The molecule has 8 nitrogen and oxygen atoms in total. The van der Waals surface area contributed by atoms with Gasteiger partial charge in [-0.25, -0.2) is 4.57 Å². The van der Waals surface area contributed by atoms with Crippen LogP contribution in [0.1, 0.15) is 91.4 Å². The Morgan fingerprint density at radius 1 is 1.07 bits per heavy atom. The lowest BCUT2D eigenvalue weighted by molar-refractivity contribution is -0.697. The van der Waals surface area contributed by atoms with Crippen molar-refractivity contribution in [3.8, 4) is 0 Å². The Bertz CT molecular complexity index is 1160. The first kappa shape index (κ1) is 32.9. The maximum atomic E-state index is 12.8. The minimum atomic E-state index is -4.38. The number of ether oxygens (including phenoxy) is 1. The number of hydrogen-bond acceptors (Lipinski definition) is 7. The second kappa shape index (κ2) is 13.1. The zero-order chi connectivity index (χ0) is 31.0. The van der Waals surface area contributed by atoms with E-state index in [0.29, 0.717) is 42.1 Å². The van der Waals surface area contributed by atoms with Gasteiger partial charge >= 0.3 is 5.97 Å². The van der Waals surface area contributed by atoms with Crippen LogP contribution < -0.4 is 14.4 Å². The Morgan fingerprint density at radius 2 is 1.77 bits per heavy atom. The summed E-state index contributed by atoms with van der Waals surface area (Å²) in [7, 11) is 1.08. The molecule has 0 N–H and O–H groups in total.